The van der Waals surface area contributed by atoms with E-state index in [9.17, 15) is 14.4 Å². The van der Waals surface area contributed by atoms with Crippen molar-refractivity contribution in [1.82, 2.24) is 5.32 Å². The Labute approximate surface area is 160 Å². The topological polar surface area (TPSA) is 102 Å². The number of aliphatic carboxylic acids is 1. The third-order valence-corrected chi connectivity index (χ3v) is 3.90. The van der Waals surface area contributed by atoms with Crippen LogP contribution >= 0.6 is 0 Å². The molecule has 0 aromatic heterocycles. The van der Waals surface area contributed by atoms with E-state index in [1.807, 2.05) is 13.8 Å². The van der Waals surface area contributed by atoms with Crippen LogP contribution in [0.3, 0.4) is 0 Å². The van der Waals surface area contributed by atoms with Crippen LogP contribution in [0.1, 0.15) is 52.2 Å². The van der Waals surface area contributed by atoms with E-state index in [-0.39, 0.29) is 18.9 Å². The predicted octanol–water partition coefficient (Wildman–Crippen LogP) is 3.30. The molecule has 0 fully saturated rings. The van der Waals surface area contributed by atoms with Crippen molar-refractivity contribution in [3.05, 3.63) is 35.4 Å². The molecule has 0 unspecified atom stereocenters. The van der Waals surface area contributed by atoms with Gasteiger partial charge in [-0.05, 0) is 37.8 Å². The SMILES string of the molecule is CC[C@H](C)[C@H](NC(=O)OC(C)(C)C)C(=O)OCc1ccc(CC(=O)O)cc1. The maximum absolute atomic E-state index is 12.5. The van der Waals surface area contributed by atoms with Crippen LogP contribution < -0.4 is 5.32 Å². The van der Waals surface area contributed by atoms with Gasteiger partial charge in [-0.25, -0.2) is 9.59 Å². The minimum atomic E-state index is -0.904. The highest BCUT2D eigenvalue weighted by molar-refractivity contribution is 5.81. The Morgan fingerprint density at radius 2 is 1.67 bits per heavy atom. The van der Waals surface area contributed by atoms with Crippen molar-refractivity contribution in [2.45, 2.75) is 65.7 Å². The minimum Gasteiger partial charge on any atom is -0.481 e. The molecule has 2 atom stereocenters. The van der Waals surface area contributed by atoms with Crippen molar-refractivity contribution >= 4 is 18.0 Å². The Kier molecular flexibility index (Phi) is 8.28. The number of carbonyl (C=O) groups is 3. The van der Waals surface area contributed by atoms with Crippen molar-refractivity contribution in [3.8, 4) is 0 Å². The zero-order valence-corrected chi connectivity index (χ0v) is 16.6. The number of nitrogens with one attached hydrogen (secondary N) is 1. The zero-order chi connectivity index (χ0) is 20.6. The number of hydrogen-bond acceptors (Lipinski definition) is 5. The molecule has 27 heavy (non-hydrogen) atoms. The minimum absolute atomic E-state index is 0.0368. The van der Waals surface area contributed by atoms with Crippen molar-refractivity contribution in [1.29, 1.82) is 0 Å². The summed E-state index contributed by atoms with van der Waals surface area (Å²) in [5.41, 5.74) is 0.741. The molecule has 0 spiro atoms. The summed E-state index contributed by atoms with van der Waals surface area (Å²) in [5.74, 6) is -1.56. The van der Waals surface area contributed by atoms with Gasteiger partial charge in [0, 0.05) is 0 Å². The first-order valence-corrected chi connectivity index (χ1v) is 8.97. The van der Waals surface area contributed by atoms with Crippen LogP contribution in [0.25, 0.3) is 0 Å². The number of ether oxygens (including phenoxy) is 2. The second-order valence-corrected chi connectivity index (χ2v) is 7.50. The van der Waals surface area contributed by atoms with Crippen LogP contribution in [0.15, 0.2) is 24.3 Å². The number of carboxylic acids is 1. The maximum atomic E-state index is 12.5. The van der Waals surface area contributed by atoms with E-state index >= 15 is 0 Å². The normalized spacial score (nSPS) is 13.4. The van der Waals surface area contributed by atoms with Gasteiger partial charge in [-0.3, -0.25) is 4.79 Å². The van der Waals surface area contributed by atoms with Crippen molar-refractivity contribution in [2.75, 3.05) is 0 Å². The quantitative estimate of drug-likeness (QED) is 0.672. The van der Waals surface area contributed by atoms with E-state index in [0.717, 1.165) is 5.56 Å². The summed E-state index contributed by atoms with van der Waals surface area (Å²) >= 11 is 0. The van der Waals surface area contributed by atoms with E-state index in [2.05, 4.69) is 5.32 Å². The number of esters is 1. The molecule has 0 aliphatic rings. The summed E-state index contributed by atoms with van der Waals surface area (Å²) in [6.45, 7) is 9.05. The lowest BCUT2D eigenvalue weighted by atomic mass is 9.99. The van der Waals surface area contributed by atoms with E-state index < -0.39 is 29.7 Å². The van der Waals surface area contributed by atoms with Crippen molar-refractivity contribution < 1.29 is 29.0 Å². The van der Waals surface area contributed by atoms with Gasteiger partial charge in [-0.2, -0.15) is 0 Å². The number of alkyl carbamates (subject to hydrolysis) is 1. The maximum Gasteiger partial charge on any atom is 0.408 e. The molecule has 0 saturated carbocycles. The monoisotopic (exact) mass is 379 g/mol. The molecule has 7 nitrogen and oxygen atoms in total. The van der Waals surface area contributed by atoms with Crippen LogP contribution in [-0.4, -0.2) is 34.8 Å². The first kappa shape index (κ1) is 22.5. The molecule has 1 aromatic carbocycles. The molecule has 0 bridgehead atoms. The Morgan fingerprint density at radius 1 is 1.11 bits per heavy atom. The number of amides is 1. The summed E-state index contributed by atoms with van der Waals surface area (Å²) < 4.78 is 10.6. The smallest absolute Gasteiger partial charge is 0.408 e. The summed E-state index contributed by atoms with van der Waals surface area (Å²) in [4.78, 5) is 35.2. The molecule has 0 aliphatic carbocycles. The lowest BCUT2D eigenvalue weighted by Crippen LogP contribution is -2.47. The second-order valence-electron chi connectivity index (χ2n) is 7.50. The standard InChI is InChI=1S/C20H29NO6/c1-6-13(2)17(21-19(25)27-20(3,4)5)18(24)26-12-15-9-7-14(8-10-15)11-16(22)23/h7-10,13,17H,6,11-12H2,1-5H3,(H,21,25)(H,22,23)/t13-,17-/m0/s1. The molecule has 7 heteroatoms. The van der Waals surface area contributed by atoms with Crippen LogP contribution in [-0.2, 0) is 32.1 Å². The zero-order valence-electron chi connectivity index (χ0n) is 16.6. The first-order chi connectivity index (χ1) is 12.5. The Bertz CT molecular complexity index is 647. The molecule has 1 amide bonds. The second kappa shape index (κ2) is 9.94. The van der Waals surface area contributed by atoms with Gasteiger partial charge in [0.1, 0.15) is 18.2 Å². The Hall–Kier alpha value is -2.57. The molecule has 0 saturated heterocycles. The van der Waals surface area contributed by atoms with E-state index in [1.54, 1.807) is 45.0 Å². The summed E-state index contributed by atoms with van der Waals surface area (Å²) in [6, 6.07) is 5.98. The largest absolute Gasteiger partial charge is 0.481 e. The Morgan fingerprint density at radius 3 is 2.15 bits per heavy atom. The fraction of sp³-hybridized carbons (Fsp3) is 0.550. The number of carboxylic acid groups (broad SMARTS) is 1. The molecular formula is C20H29NO6. The molecule has 1 aromatic rings. The predicted molar refractivity (Wildman–Crippen MR) is 100 cm³/mol. The molecule has 0 radical (unpaired) electrons. The van der Waals surface area contributed by atoms with Gasteiger partial charge >= 0.3 is 18.0 Å². The summed E-state index contributed by atoms with van der Waals surface area (Å²) in [5, 5.41) is 11.4. The van der Waals surface area contributed by atoms with Crippen LogP contribution in [0.4, 0.5) is 4.79 Å². The molecule has 1 rings (SSSR count). The number of hydrogen-bond donors (Lipinski definition) is 2. The lowest BCUT2D eigenvalue weighted by Gasteiger charge is -2.25. The van der Waals surface area contributed by atoms with Gasteiger partial charge < -0.3 is 19.9 Å². The third-order valence-electron chi connectivity index (χ3n) is 3.90. The van der Waals surface area contributed by atoms with Crippen molar-refractivity contribution in [3.63, 3.8) is 0 Å². The van der Waals surface area contributed by atoms with Crippen LogP contribution in [0, 0.1) is 5.92 Å². The molecule has 0 aliphatic heterocycles. The first-order valence-electron chi connectivity index (χ1n) is 8.97. The lowest BCUT2D eigenvalue weighted by molar-refractivity contribution is -0.149. The molecular weight excluding hydrogens is 350 g/mol. The molecule has 2 N–H and O–H groups in total. The fourth-order valence-electron chi connectivity index (χ4n) is 2.28. The van der Waals surface area contributed by atoms with Crippen LogP contribution in [0.2, 0.25) is 0 Å². The highest BCUT2D eigenvalue weighted by Gasteiger charge is 2.29. The number of benzene rings is 1. The summed E-state index contributed by atoms with van der Waals surface area (Å²) in [7, 11) is 0. The third kappa shape index (κ3) is 8.57. The van der Waals surface area contributed by atoms with Gasteiger partial charge in [0.2, 0.25) is 0 Å². The van der Waals surface area contributed by atoms with Crippen LogP contribution in [0.5, 0.6) is 0 Å². The number of rotatable bonds is 8. The molecule has 0 heterocycles. The van der Waals surface area contributed by atoms with E-state index in [4.69, 9.17) is 14.6 Å². The van der Waals surface area contributed by atoms with Gasteiger partial charge in [-0.1, -0.05) is 44.5 Å². The molecule has 150 valence electrons. The highest BCUT2D eigenvalue weighted by atomic mass is 16.6. The van der Waals surface area contributed by atoms with Gasteiger partial charge in [-0.15, -0.1) is 0 Å². The van der Waals surface area contributed by atoms with Gasteiger partial charge in [0.05, 0.1) is 6.42 Å². The number of carbonyl (C=O) groups excluding carboxylic acids is 2. The summed E-state index contributed by atoms with van der Waals surface area (Å²) in [6.07, 6.45) is -0.0436. The van der Waals surface area contributed by atoms with E-state index in [0.29, 0.717) is 12.0 Å². The average molecular weight is 379 g/mol. The van der Waals surface area contributed by atoms with Crippen molar-refractivity contribution in [2.24, 2.45) is 5.92 Å². The van der Waals surface area contributed by atoms with E-state index in [1.165, 1.54) is 0 Å². The van der Waals surface area contributed by atoms with Gasteiger partial charge in [0.25, 0.3) is 0 Å². The van der Waals surface area contributed by atoms with Gasteiger partial charge in [0.15, 0.2) is 0 Å². The Balaban J connectivity index is 2.68. The fourth-order valence-corrected chi connectivity index (χ4v) is 2.28. The highest BCUT2D eigenvalue weighted by Crippen LogP contribution is 2.14. The average Bonchev–Trinajstić information content (AvgIpc) is 2.56.